The molecule has 2 aromatic rings. The van der Waals surface area contributed by atoms with Gasteiger partial charge >= 0.3 is 0 Å². The predicted octanol–water partition coefficient (Wildman–Crippen LogP) is 4.60. The second-order valence-electron chi connectivity index (χ2n) is 5.68. The van der Waals surface area contributed by atoms with E-state index in [1.165, 1.54) is 42.0 Å². The van der Waals surface area contributed by atoms with Crippen LogP contribution >= 0.6 is 11.8 Å². The fourth-order valence-corrected chi connectivity index (χ4v) is 4.26. The van der Waals surface area contributed by atoms with Crippen LogP contribution in [-0.4, -0.2) is 17.5 Å². The first-order chi connectivity index (χ1) is 9.88. The van der Waals surface area contributed by atoms with Crippen molar-refractivity contribution in [3.8, 4) is 0 Å². The molecule has 0 heterocycles. The number of nitrogens with one attached hydrogen (secondary N) is 1. The molecule has 1 fully saturated rings. The van der Waals surface area contributed by atoms with E-state index in [9.17, 15) is 0 Å². The molecule has 2 unspecified atom stereocenters. The molecule has 3 rings (SSSR count). The topological polar surface area (TPSA) is 12.0 Å². The normalized spacial score (nSPS) is 23.1. The SMILES string of the molecule is CSC1CCCCC1NCc1cccc2ccccc12. The van der Waals surface area contributed by atoms with E-state index in [4.69, 9.17) is 0 Å². The first-order valence-corrected chi connectivity index (χ1v) is 8.90. The zero-order valence-electron chi connectivity index (χ0n) is 12.1. The molecular formula is C18H23NS. The van der Waals surface area contributed by atoms with E-state index in [-0.39, 0.29) is 0 Å². The van der Waals surface area contributed by atoms with Crippen molar-refractivity contribution in [1.82, 2.24) is 5.32 Å². The van der Waals surface area contributed by atoms with Crippen molar-refractivity contribution >= 4 is 22.5 Å². The summed E-state index contributed by atoms with van der Waals surface area (Å²) in [4.78, 5) is 0. The van der Waals surface area contributed by atoms with Crippen molar-refractivity contribution in [2.45, 2.75) is 43.5 Å². The molecule has 1 aliphatic carbocycles. The lowest BCUT2D eigenvalue weighted by atomic mass is 9.94. The lowest BCUT2D eigenvalue weighted by Crippen LogP contribution is -2.39. The van der Waals surface area contributed by atoms with Crippen LogP contribution in [-0.2, 0) is 6.54 Å². The number of rotatable bonds is 4. The maximum absolute atomic E-state index is 3.81. The third kappa shape index (κ3) is 3.02. The lowest BCUT2D eigenvalue weighted by Gasteiger charge is -2.31. The standard InChI is InChI=1S/C18H23NS/c1-20-18-12-5-4-11-17(18)19-13-15-9-6-8-14-7-2-3-10-16(14)15/h2-3,6-10,17-19H,4-5,11-13H2,1H3. The quantitative estimate of drug-likeness (QED) is 0.881. The van der Waals surface area contributed by atoms with Crippen LogP contribution in [0.1, 0.15) is 31.2 Å². The van der Waals surface area contributed by atoms with E-state index in [0.29, 0.717) is 6.04 Å². The number of fused-ring (bicyclic) bond motifs is 1. The second kappa shape index (κ2) is 6.64. The molecule has 0 saturated heterocycles. The van der Waals surface area contributed by atoms with Gasteiger partial charge in [0.05, 0.1) is 0 Å². The maximum atomic E-state index is 3.81. The van der Waals surface area contributed by atoms with Crippen molar-refractivity contribution in [1.29, 1.82) is 0 Å². The van der Waals surface area contributed by atoms with Crippen LogP contribution in [0.4, 0.5) is 0 Å². The van der Waals surface area contributed by atoms with Gasteiger partial charge in [-0.1, -0.05) is 55.3 Å². The molecule has 0 bridgehead atoms. The summed E-state index contributed by atoms with van der Waals surface area (Å²) in [7, 11) is 0. The number of hydrogen-bond acceptors (Lipinski definition) is 2. The summed E-state index contributed by atoms with van der Waals surface area (Å²) < 4.78 is 0. The monoisotopic (exact) mass is 285 g/mol. The van der Waals surface area contributed by atoms with Gasteiger partial charge in [-0.25, -0.2) is 0 Å². The molecule has 20 heavy (non-hydrogen) atoms. The molecule has 2 aromatic carbocycles. The molecule has 0 aromatic heterocycles. The van der Waals surface area contributed by atoms with Crippen molar-refractivity contribution in [2.75, 3.05) is 6.26 Å². The van der Waals surface area contributed by atoms with Crippen LogP contribution in [0.15, 0.2) is 42.5 Å². The molecule has 1 aliphatic rings. The van der Waals surface area contributed by atoms with Crippen LogP contribution in [0, 0.1) is 0 Å². The highest BCUT2D eigenvalue weighted by molar-refractivity contribution is 7.99. The molecule has 1 nitrogen and oxygen atoms in total. The number of thioether (sulfide) groups is 1. The van der Waals surface area contributed by atoms with Crippen LogP contribution in [0.5, 0.6) is 0 Å². The Morgan fingerprint density at radius 1 is 1.05 bits per heavy atom. The third-order valence-corrected chi connectivity index (χ3v) is 5.61. The first kappa shape index (κ1) is 14.0. The molecule has 1 N–H and O–H groups in total. The van der Waals surface area contributed by atoms with Gasteiger partial charge in [-0.2, -0.15) is 11.8 Å². The van der Waals surface area contributed by atoms with Crippen molar-refractivity contribution in [3.63, 3.8) is 0 Å². The summed E-state index contributed by atoms with van der Waals surface area (Å²) in [5.74, 6) is 0. The molecule has 2 heteroatoms. The van der Waals surface area contributed by atoms with Gasteiger partial charge in [-0.15, -0.1) is 0 Å². The summed E-state index contributed by atoms with van der Waals surface area (Å²) in [6.45, 7) is 0.989. The van der Waals surface area contributed by atoms with Crippen LogP contribution in [0.3, 0.4) is 0 Å². The first-order valence-electron chi connectivity index (χ1n) is 7.61. The zero-order valence-corrected chi connectivity index (χ0v) is 13.0. The molecule has 2 atom stereocenters. The van der Waals surface area contributed by atoms with Gasteiger partial charge in [0.1, 0.15) is 0 Å². The molecule has 0 spiro atoms. The largest absolute Gasteiger partial charge is 0.309 e. The van der Waals surface area contributed by atoms with Crippen molar-refractivity contribution in [2.24, 2.45) is 0 Å². The number of hydrogen-bond donors (Lipinski definition) is 1. The minimum atomic E-state index is 0.678. The van der Waals surface area contributed by atoms with E-state index in [1.807, 2.05) is 11.8 Å². The third-order valence-electron chi connectivity index (χ3n) is 4.44. The minimum Gasteiger partial charge on any atom is -0.309 e. The Labute approximate surface area is 126 Å². The van der Waals surface area contributed by atoms with Gasteiger partial charge in [0.2, 0.25) is 0 Å². The average molecular weight is 285 g/mol. The number of benzene rings is 2. The molecule has 0 radical (unpaired) electrons. The van der Waals surface area contributed by atoms with Crippen LogP contribution < -0.4 is 5.32 Å². The molecule has 0 aliphatic heterocycles. The molecule has 0 amide bonds. The summed E-state index contributed by atoms with van der Waals surface area (Å²) in [6, 6.07) is 16.0. The van der Waals surface area contributed by atoms with Gasteiger partial charge in [-0.05, 0) is 35.4 Å². The highest BCUT2D eigenvalue weighted by atomic mass is 32.2. The fraction of sp³-hybridized carbons (Fsp3) is 0.444. The van der Waals surface area contributed by atoms with E-state index in [0.717, 1.165) is 11.8 Å². The van der Waals surface area contributed by atoms with Gasteiger partial charge in [-0.3, -0.25) is 0 Å². The van der Waals surface area contributed by atoms with Crippen molar-refractivity contribution in [3.05, 3.63) is 48.0 Å². The van der Waals surface area contributed by atoms with Gasteiger partial charge in [0.25, 0.3) is 0 Å². The Hall–Kier alpha value is -0.990. The van der Waals surface area contributed by atoms with E-state index < -0.39 is 0 Å². The highest BCUT2D eigenvalue weighted by Crippen LogP contribution is 2.27. The summed E-state index contributed by atoms with van der Waals surface area (Å²) in [5, 5.41) is 7.33. The summed E-state index contributed by atoms with van der Waals surface area (Å²) in [6.07, 6.45) is 7.73. The van der Waals surface area contributed by atoms with Crippen LogP contribution in [0.2, 0.25) is 0 Å². The zero-order chi connectivity index (χ0) is 13.8. The summed E-state index contributed by atoms with van der Waals surface area (Å²) >= 11 is 2.03. The highest BCUT2D eigenvalue weighted by Gasteiger charge is 2.23. The Kier molecular flexibility index (Phi) is 4.64. The maximum Gasteiger partial charge on any atom is 0.0214 e. The minimum absolute atomic E-state index is 0.678. The van der Waals surface area contributed by atoms with E-state index in [2.05, 4.69) is 54.0 Å². The Morgan fingerprint density at radius 2 is 1.85 bits per heavy atom. The smallest absolute Gasteiger partial charge is 0.0214 e. The van der Waals surface area contributed by atoms with Gasteiger partial charge in [0.15, 0.2) is 0 Å². The second-order valence-corrected chi connectivity index (χ2v) is 6.76. The molecular weight excluding hydrogens is 262 g/mol. The Morgan fingerprint density at radius 3 is 2.75 bits per heavy atom. The Bertz CT molecular complexity index is 561. The van der Waals surface area contributed by atoms with Crippen LogP contribution in [0.25, 0.3) is 10.8 Å². The summed E-state index contributed by atoms with van der Waals surface area (Å²) in [5.41, 5.74) is 1.42. The average Bonchev–Trinajstić information content (AvgIpc) is 2.53. The van der Waals surface area contributed by atoms with Crippen molar-refractivity contribution < 1.29 is 0 Å². The fourth-order valence-electron chi connectivity index (χ4n) is 3.30. The predicted molar refractivity (Wildman–Crippen MR) is 90.3 cm³/mol. The van der Waals surface area contributed by atoms with Gasteiger partial charge < -0.3 is 5.32 Å². The van der Waals surface area contributed by atoms with Gasteiger partial charge in [0, 0.05) is 17.8 Å². The molecule has 1 saturated carbocycles. The Balaban J connectivity index is 1.73. The lowest BCUT2D eigenvalue weighted by molar-refractivity contribution is 0.383. The molecule has 106 valence electrons. The van der Waals surface area contributed by atoms with E-state index >= 15 is 0 Å². The van der Waals surface area contributed by atoms with E-state index in [1.54, 1.807) is 0 Å².